The summed E-state index contributed by atoms with van der Waals surface area (Å²) >= 11 is 0. The molecule has 3 nitrogen and oxygen atoms in total. The van der Waals surface area contributed by atoms with Gasteiger partial charge in [0, 0.05) is 24.8 Å². The van der Waals surface area contributed by atoms with Gasteiger partial charge in [-0.15, -0.1) is 0 Å². The standard InChI is InChI=1S/C15H22N2O/c1-11-4-7-14(8-5-11)17(3)15-9-6-13(10-16-15)12(2)18/h6,9-11,14H,4-5,7-8H2,1-3H3. The van der Waals surface area contributed by atoms with Gasteiger partial charge in [0.2, 0.25) is 0 Å². The Hall–Kier alpha value is -1.38. The minimum atomic E-state index is 0.0724. The molecule has 0 spiro atoms. The fourth-order valence-electron chi connectivity index (χ4n) is 2.62. The molecule has 1 saturated carbocycles. The van der Waals surface area contributed by atoms with Crippen molar-refractivity contribution in [3.63, 3.8) is 0 Å². The topological polar surface area (TPSA) is 33.2 Å². The van der Waals surface area contributed by atoms with Crippen LogP contribution in [0.1, 0.15) is 49.9 Å². The fraction of sp³-hybridized carbons (Fsp3) is 0.600. The summed E-state index contributed by atoms with van der Waals surface area (Å²) in [6.45, 7) is 3.90. The van der Waals surface area contributed by atoms with Crippen LogP contribution < -0.4 is 4.90 Å². The van der Waals surface area contributed by atoms with Gasteiger partial charge >= 0.3 is 0 Å². The number of rotatable bonds is 3. The second-order valence-corrected chi connectivity index (χ2v) is 5.49. The lowest BCUT2D eigenvalue weighted by Gasteiger charge is -2.34. The van der Waals surface area contributed by atoms with Crippen LogP contribution in [0.5, 0.6) is 0 Å². The lowest BCUT2D eigenvalue weighted by atomic mass is 9.87. The molecule has 0 unspecified atom stereocenters. The van der Waals surface area contributed by atoms with E-state index >= 15 is 0 Å². The molecule has 2 rings (SSSR count). The van der Waals surface area contributed by atoms with Crippen molar-refractivity contribution in [3.05, 3.63) is 23.9 Å². The number of nitrogens with zero attached hydrogens (tertiary/aromatic N) is 2. The van der Waals surface area contributed by atoms with Crippen molar-refractivity contribution < 1.29 is 4.79 Å². The van der Waals surface area contributed by atoms with Crippen molar-refractivity contribution in [1.82, 2.24) is 4.98 Å². The van der Waals surface area contributed by atoms with E-state index in [9.17, 15) is 4.79 Å². The first-order chi connectivity index (χ1) is 8.58. The third kappa shape index (κ3) is 2.89. The lowest BCUT2D eigenvalue weighted by Crippen LogP contribution is -2.35. The van der Waals surface area contributed by atoms with Crippen LogP contribution in [0, 0.1) is 5.92 Å². The molecule has 0 amide bonds. The summed E-state index contributed by atoms with van der Waals surface area (Å²) in [6, 6.07) is 4.42. The highest BCUT2D eigenvalue weighted by atomic mass is 16.1. The highest BCUT2D eigenvalue weighted by Gasteiger charge is 2.22. The van der Waals surface area contributed by atoms with Crippen LogP contribution in [0.15, 0.2) is 18.3 Å². The average Bonchev–Trinajstić information content (AvgIpc) is 2.39. The minimum Gasteiger partial charge on any atom is -0.357 e. The van der Waals surface area contributed by atoms with Gasteiger partial charge in [0.15, 0.2) is 5.78 Å². The maximum Gasteiger partial charge on any atom is 0.161 e. The first-order valence-corrected chi connectivity index (χ1v) is 6.77. The molecule has 0 N–H and O–H groups in total. The third-order valence-corrected chi connectivity index (χ3v) is 4.05. The largest absolute Gasteiger partial charge is 0.357 e. The quantitative estimate of drug-likeness (QED) is 0.767. The van der Waals surface area contributed by atoms with Crippen molar-refractivity contribution in [3.8, 4) is 0 Å². The van der Waals surface area contributed by atoms with Crippen molar-refractivity contribution in [2.45, 2.75) is 45.6 Å². The van der Waals surface area contributed by atoms with Crippen LogP contribution in [-0.2, 0) is 0 Å². The summed E-state index contributed by atoms with van der Waals surface area (Å²) in [4.78, 5) is 17.9. The van der Waals surface area contributed by atoms with Gasteiger partial charge in [-0.3, -0.25) is 4.79 Å². The smallest absolute Gasteiger partial charge is 0.161 e. The number of aromatic nitrogens is 1. The average molecular weight is 246 g/mol. The fourth-order valence-corrected chi connectivity index (χ4v) is 2.62. The predicted octanol–water partition coefficient (Wildman–Crippen LogP) is 3.30. The molecule has 0 aromatic carbocycles. The molecular formula is C15H22N2O. The highest BCUT2D eigenvalue weighted by Crippen LogP contribution is 2.28. The van der Waals surface area contributed by atoms with Gasteiger partial charge in [0.1, 0.15) is 5.82 Å². The maximum atomic E-state index is 11.2. The molecular weight excluding hydrogens is 224 g/mol. The van der Waals surface area contributed by atoms with Crippen LogP contribution >= 0.6 is 0 Å². The van der Waals surface area contributed by atoms with Crippen LogP contribution in [0.2, 0.25) is 0 Å². The highest BCUT2D eigenvalue weighted by molar-refractivity contribution is 5.93. The minimum absolute atomic E-state index is 0.0724. The van der Waals surface area contributed by atoms with E-state index < -0.39 is 0 Å². The maximum absolute atomic E-state index is 11.2. The van der Waals surface area contributed by atoms with Gasteiger partial charge in [-0.05, 0) is 50.7 Å². The summed E-state index contributed by atoms with van der Waals surface area (Å²) in [5, 5.41) is 0. The molecule has 1 fully saturated rings. The number of hydrogen-bond acceptors (Lipinski definition) is 3. The Morgan fingerprint density at radius 3 is 2.44 bits per heavy atom. The van der Waals surface area contributed by atoms with E-state index in [1.165, 1.54) is 25.7 Å². The van der Waals surface area contributed by atoms with E-state index in [4.69, 9.17) is 0 Å². The Balaban J connectivity index is 2.04. The van der Waals surface area contributed by atoms with Crippen LogP contribution in [-0.4, -0.2) is 23.9 Å². The molecule has 0 radical (unpaired) electrons. The summed E-state index contributed by atoms with van der Waals surface area (Å²) in [5.74, 6) is 1.91. The van der Waals surface area contributed by atoms with Crippen LogP contribution in [0.3, 0.4) is 0 Å². The predicted molar refractivity (Wildman–Crippen MR) is 74.1 cm³/mol. The van der Waals surface area contributed by atoms with Crippen molar-refractivity contribution in [2.24, 2.45) is 5.92 Å². The Kier molecular flexibility index (Phi) is 4.00. The Morgan fingerprint density at radius 1 is 1.28 bits per heavy atom. The third-order valence-electron chi connectivity index (χ3n) is 4.05. The van der Waals surface area contributed by atoms with E-state index in [0.717, 1.165) is 11.7 Å². The van der Waals surface area contributed by atoms with Crippen molar-refractivity contribution in [1.29, 1.82) is 0 Å². The number of Topliss-reactive ketones (excluding diaryl/α,β-unsaturated/α-hetero) is 1. The molecule has 18 heavy (non-hydrogen) atoms. The van der Waals surface area contributed by atoms with Gasteiger partial charge in [-0.2, -0.15) is 0 Å². The van der Waals surface area contributed by atoms with E-state index in [0.29, 0.717) is 11.6 Å². The zero-order valence-corrected chi connectivity index (χ0v) is 11.5. The molecule has 1 aliphatic rings. The lowest BCUT2D eigenvalue weighted by molar-refractivity contribution is 0.101. The Bertz CT molecular complexity index is 405. The number of anilines is 1. The van der Waals surface area contributed by atoms with Gasteiger partial charge in [-0.1, -0.05) is 6.92 Å². The van der Waals surface area contributed by atoms with Crippen molar-refractivity contribution in [2.75, 3.05) is 11.9 Å². The number of carbonyl (C=O) groups is 1. The van der Waals surface area contributed by atoms with Gasteiger partial charge in [-0.25, -0.2) is 4.98 Å². The SMILES string of the molecule is CC(=O)c1ccc(N(C)C2CCC(C)CC2)nc1. The van der Waals surface area contributed by atoms with E-state index in [2.05, 4.69) is 23.9 Å². The monoisotopic (exact) mass is 246 g/mol. The Morgan fingerprint density at radius 2 is 1.94 bits per heavy atom. The molecule has 1 aromatic rings. The van der Waals surface area contributed by atoms with E-state index in [-0.39, 0.29) is 5.78 Å². The molecule has 3 heteroatoms. The molecule has 1 aliphatic carbocycles. The summed E-state index contributed by atoms with van der Waals surface area (Å²) in [6.07, 6.45) is 6.78. The van der Waals surface area contributed by atoms with Gasteiger partial charge < -0.3 is 4.90 Å². The molecule has 0 bridgehead atoms. The summed E-state index contributed by atoms with van der Waals surface area (Å²) in [7, 11) is 2.11. The first-order valence-electron chi connectivity index (χ1n) is 6.77. The van der Waals surface area contributed by atoms with E-state index in [1.54, 1.807) is 13.1 Å². The summed E-state index contributed by atoms with van der Waals surface area (Å²) in [5.41, 5.74) is 0.685. The normalized spacial score (nSPS) is 23.7. The van der Waals surface area contributed by atoms with Gasteiger partial charge in [0.05, 0.1) is 0 Å². The molecule has 0 saturated heterocycles. The number of pyridine rings is 1. The summed E-state index contributed by atoms with van der Waals surface area (Å²) < 4.78 is 0. The number of carbonyl (C=O) groups excluding carboxylic acids is 1. The molecule has 1 heterocycles. The second kappa shape index (κ2) is 5.51. The number of ketones is 1. The van der Waals surface area contributed by atoms with Crippen molar-refractivity contribution >= 4 is 11.6 Å². The van der Waals surface area contributed by atoms with Gasteiger partial charge in [0.25, 0.3) is 0 Å². The zero-order valence-electron chi connectivity index (χ0n) is 11.5. The van der Waals surface area contributed by atoms with Crippen LogP contribution in [0.25, 0.3) is 0 Å². The first kappa shape index (κ1) is 13.1. The molecule has 98 valence electrons. The van der Waals surface area contributed by atoms with E-state index in [1.807, 2.05) is 12.1 Å². The molecule has 1 aromatic heterocycles. The zero-order chi connectivity index (χ0) is 13.1. The molecule has 0 atom stereocenters. The number of hydrogen-bond donors (Lipinski definition) is 0. The molecule has 0 aliphatic heterocycles. The van der Waals surface area contributed by atoms with Crippen LogP contribution in [0.4, 0.5) is 5.82 Å². The second-order valence-electron chi connectivity index (χ2n) is 5.49. The Labute approximate surface area is 109 Å².